The van der Waals surface area contributed by atoms with Crippen LogP contribution in [-0.4, -0.2) is 28.3 Å². The van der Waals surface area contributed by atoms with Gasteiger partial charge in [0.25, 0.3) is 0 Å². The minimum absolute atomic E-state index is 0.0340. The van der Waals surface area contributed by atoms with Crippen molar-refractivity contribution in [2.45, 2.75) is 11.2 Å². The second-order valence-electron chi connectivity index (χ2n) is 6.36. The van der Waals surface area contributed by atoms with Gasteiger partial charge in [0, 0.05) is 23.5 Å². The van der Waals surface area contributed by atoms with Crippen LogP contribution in [0.5, 0.6) is 11.5 Å². The van der Waals surface area contributed by atoms with Crippen LogP contribution in [0.25, 0.3) is 11.3 Å². The third kappa shape index (κ3) is 4.32. The number of alkyl halides is 3. The van der Waals surface area contributed by atoms with Crippen LogP contribution >= 0.6 is 11.8 Å². The topological polar surface area (TPSA) is 85.1 Å². The van der Waals surface area contributed by atoms with Gasteiger partial charge >= 0.3 is 6.18 Å². The molecule has 0 N–H and O–H groups in total. The quantitative estimate of drug-likeness (QED) is 0.416. The van der Waals surface area contributed by atoms with Crippen LogP contribution in [0.15, 0.2) is 53.8 Å². The van der Waals surface area contributed by atoms with Crippen molar-refractivity contribution in [2.24, 2.45) is 0 Å². The fourth-order valence-electron chi connectivity index (χ4n) is 2.92. The third-order valence-electron chi connectivity index (χ3n) is 4.41. The Hall–Kier alpha value is -3.58. The molecule has 0 saturated heterocycles. The first kappa shape index (κ1) is 20.7. The summed E-state index contributed by atoms with van der Waals surface area (Å²) in [4.78, 5) is 20.7. The highest BCUT2D eigenvalue weighted by Crippen LogP contribution is 2.38. The lowest BCUT2D eigenvalue weighted by Crippen LogP contribution is -2.11. The summed E-state index contributed by atoms with van der Waals surface area (Å²) in [5, 5.41) is 9.22. The average molecular weight is 443 g/mol. The molecule has 0 saturated carbocycles. The molecule has 156 valence electrons. The maximum absolute atomic E-state index is 13.6. The number of carbonyl (C=O) groups excluding carboxylic acids is 1. The molecule has 1 aromatic carbocycles. The standard InChI is InChI=1S/C21H12F3N3O3S/c22-21(23,24)15-8-16(12-3-5-26-6-4-12)27-20(14(15)9-25)31-10-17(28)13-1-2-18-19(7-13)30-11-29-18/h1-8H,10-11H2. The molecule has 3 aromatic rings. The second kappa shape index (κ2) is 8.28. The van der Waals surface area contributed by atoms with E-state index in [1.807, 2.05) is 0 Å². The van der Waals surface area contributed by atoms with Gasteiger partial charge in [0.1, 0.15) is 11.1 Å². The number of nitrogens with zero attached hydrogens (tertiary/aromatic N) is 3. The molecule has 6 nitrogen and oxygen atoms in total. The third-order valence-corrected chi connectivity index (χ3v) is 5.39. The molecule has 0 atom stereocenters. The molecule has 4 rings (SSSR count). The van der Waals surface area contributed by atoms with Crippen molar-refractivity contribution in [3.63, 3.8) is 0 Å². The molecule has 0 bridgehead atoms. The normalized spacial score (nSPS) is 12.5. The number of ketones is 1. The maximum Gasteiger partial charge on any atom is 0.417 e. The van der Waals surface area contributed by atoms with Gasteiger partial charge in [-0.25, -0.2) is 4.98 Å². The van der Waals surface area contributed by atoms with Crippen molar-refractivity contribution in [2.75, 3.05) is 12.5 Å². The predicted octanol–water partition coefficient (Wildman–Crippen LogP) is 4.74. The number of ether oxygens (including phenoxy) is 2. The number of halogens is 3. The summed E-state index contributed by atoms with van der Waals surface area (Å²) in [6.07, 6.45) is -1.90. The fraction of sp³-hybridized carbons (Fsp3) is 0.143. The number of nitriles is 1. The van der Waals surface area contributed by atoms with E-state index in [0.717, 1.165) is 17.8 Å². The molecule has 0 fully saturated rings. The second-order valence-corrected chi connectivity index (χ2v) is 7.32. The van der Waals surface area contributed by atoms with Crippen LogP contribution in [0.1, 0.15) is 21.5 Å². The number of rotatable bonds is 5. The minimum atomic E-state index is -4.76. The van der Waals surface area contributed by atoms with Gasteiger partial charge < -0.3 is 9.47 Å². The Morgan fingerprint density at radius 1 is 1.13 bits per heavy atom. The van der Waals surface area contributed by atoms with Gasteiger partial charge in [-0.05, 0) is 36.4 Å². The molecule has 10 heteroatoms. The number of fused-ring (bicyclic) bond motifs is 1. The number of carbonyl (C=O) groups is 1. The highest BCUT2D eigenvalue weighted by atomic mass is 32.2. The van der Waals surface area contributed by atoms with E-state index in [2.05, 4.69) is 9.97 Å². The van der Waals surface area contributed by atoms with Crippen molar-refractivity contribution < 1.29 is 27.4 Å². The lowest BCUT2D eigenvalue weighted by molar-refractivity contribution is -0.138. The lowest BCUT2D eigenvalue weighted by Gasteiger charge is -2.14. The van der Waals surface area contributed by atoms with Gasteiger partial charge in [-0.1, -0.05) is 11.8 Å². The summed E-state index contributed by atoms with van der Waals surface area (Å²) >= 11 is 0.776. The van der Waals surface area contributed by atoms with E-state index >= 15 is 0 Å². The van der Waals surface area contributed by atoms with Crippen LogP contribution < -0.4 is 9.47 Å². The number of Topliss-reactive ketones (excluding diaryl/α,β-unsaturated/α-hetero) is 1. The van der Waals surface area contributed by atoms with Crippen molar-refractivity contribution >= 4 is 17.5 Å². The smallest absolute Gasteiger partial charge is 0.417 e. The first-order chi connectivity index (χ1) is 14.9. The summed E-state index contributed by atoms with van der Waals surface area (Å²) in [6, 6.07) is 10.1. The fourth-order valence-corrected chi connectivity index (χ4v) is 3.81. The Kier molecular flexibility index (Phi) is 5.52. The van der Waals surface area contributed by atoms with Crippen molar-refractivity contribution in [1.29, 1.82) is 5.26 Å². The lowest BCUT2D eigenvalue weighted by atomic mass is 10.1. The first-order valence-electron chi connectivity index (χ1n) is 8.85. The summed E-state index contributed by atoms with van der Waals surface area (Å²) in [5.74, 6) is 0.374. The molecule has 3 heterocycles. The molecule has 1 aliphatic heterocycles. The van der Waals surface area contributed by atoms with Crippen LogP contribution in [0.3, 0.4) is 0 Å². The monoisotopic (exact) mass is 443 g/mol. The van der Waals surface area contributed by atoms with Crippen molar-refractivity contribution in [3.05, 3.63) is 65.5 Å². The number of benzene rings is 1. The zero-order valence-corrected chi connectivity index (χ0v) is 16.5. The minimum Gasteiger partial charge on any atom is -0.454 e. The molecule has 0 aliphatic carbocycles. The van der Waals surface area contributed by atoms with Gasteiger partial charge in [0.05, 0.1) is 22.6 Å². The van der Waals surface area contributed by atoms with Gasteiger partial charge in [-0.3, -0.25) is 9.78 Å². The van der Waals surface area contributed by atoms with Crippen LogP contribution in [0.4, 0.5) is 13.2 Å². The Morgan fingerprint density at radius 2 is 1.87 bits per heavy atom. The highest BCUT2D eigenvalue weighted by Gasteiger charge is 2.36. The van der Waals surface area contributed by atoms with Crippen LogP contribution in [0.2, 0.25) is 0 Å². The first-order valence-corrected chi connectivity index (χ1v) is 9.84. The molecule has 31 heavy (non-hydrogen) atoms. The number of thioether (sulfide) groups is 1. The highest BCUT2D eigenvalue weighted by molar-refractivity contribution is 8.00. The van der Waals surface area contributed by atoms with Gasteiger partial charge in [-0.15, -0.1) is 0 Å². The van der Waals surface area contributed by atoms with Gasteiger partial charge in [0.15, 0.2) is 17.3 Å². The maximum atomic E-state index is 13.6. The molecule has 0 spiro atoms. The van der Waals surface area contributed by atoms with Crippen molar-refractivity contribution in [3.8, 4) is 28.8 Å². The number of hydrogen-bond acceptors (Lipinski definition) is 7. The molecule has 1 aliphatic rings. The number of pyridine rings is 2. The van der Waals surface area contributed by atoms with E-state index in [4.69, 9.17) is 9.47 Å². The van der Waals surface area contributed by atoms with Gasteiger partial charge in [-0.2, -0.15) is 18.4 Å². The molecular weight excluding hydrogens is 431 g/mol. The Balaban J connectivity index is 1.66. The number of aromatic nitrogens is 2. The average Bonchev–Trinajstić information content (AvgIpc) is 3.24. The summed E-state index contributed by atoms with van der Waals surface area (Å²) < 4.78 is 51.3. The summed E-state index contributed by atoms with van der Waals surface area (Å²) in [7, 11) is 0. The van der Waals surface area contributed by atoms with E-state index < -0.39 is 17.3 Å². The molecular formula is C21H12F3N3O3S. The van der Waals surface area contributed by atoms with E-state index in [1.165, 1.54) is 30.6 Å². The zero-order chi connectivity index (χ0) is 22.0. The predicted molar refractivity (Wildman–Crippen MR) is 105 cm³/mol. The molecule has 0 unspecified atom stereocenters. The summed E-state index contributed by atoms with van der Waals surface area (Å²) in [5.41, 5.74) is -0.957. The largest absolute Gasteiger partial charge is 0.454 e. The Morgan fingerprint density at radius 3 is 2.58 bits per heavy atom. The number of hydrogen-bond donors (Lipinski definition) is 0. The van der Waals surface area contributed by atoms with Crippen LogP contribution in [-0.2, 0) is 6.18 Å². The molecule has 2 aromatic heterocycles. The SMILES string of the molecule is N#Cc1c(C(F)(F)F)cc(-c2ccncc2)nc1SCC(=O)c1ccc2c(c1)OCO2. The van der Waals surface area contributed by atoms with E-state index in [0.29, 0.717) is 22.6 Å². The van der Waals surface area contributed by atoms with E-state index in [1.54, 1.807) is 18.2 Å². The van der Waals surface area contributed by atoms with Gasteiger partial charge in [0.2, 0.25) is 6.79 Å². The summed E-state index contributed by atoms with van der Waals surface area (Å²) in [6.45, 7) is 0.0548. The Labute approximate surface area is 178 Å². The molecule has 0 amide bonds. The van der Waals surface area contributed by atoms with Crippen LogP contribution in [0, 0.1) is 11.3 Å². The zero-order valence-electron chi connectivity index (χ0n) is 15.6. The molecule has 0 radical (unpaired) electrons. The van der Waals surface area contributed by atoms with E-state index in [9.17, 15) is 23.2 Å². The van der Waals surface area contributed by atoms with Crippen molar-refractivity contribution in [1.82, 2.24) is 9.97 Å². The Bertz CT molecular complexity index is 1190. The van der Waals surface area contributed by atoms with E-state index in [-0.39, 0.29) is 29.0 Å².